The Bertz CT molecular complexity index is 873. The van der Waals surface area contributed by atoms with Gasteiger partial charge in [0.15, 0.2) is 5.69 Å². The van der Waals surface area contributed by atoms with Crippen molar-refractivity contribution in [2.75, 3.05) is 6.54 Å². The van der Waals surface area contributed by atoms with Crippen LogP contribution in [0.15, 0.2) is 18.2 Å². The Morgan fingerprint density at radius 2 is 2.08 bits per heavy atom. The van der Waals surface area contributed by atoms with Crippen molar-refractivity contribution in [3.8, 4) is 5.69 Å². The highest BCUT2D eigenvalue weighted by Crippen LogP contribution is 2.30. The van der Waals surface area contributed by atoms with Gasteiger partial charge in [-0.1, -0.05) is 6.07 Å². The molecule has 1 N–H and O–H groups in total. The largest absolute Gasteiger partial charge is 0.480 e. The maximum absolute atomic E-state index is 14.4. The number of aromatic nitrogens is 2. The first-order valence-corrected chi connectivity index (χ1v) is 8.69. The SMILES string of the molecule is Cc1ccc(-n2nc(C(=O)N(CC(=O)O)C(C)C)c3c2CCC3)c(F)c1. The van der Waals surface area contributed by atoms with E-state index in [-0.39, 0.29) is 11.7 Å². The second-order valence-corrected chi connectivity index (χ2v) is 6.91. The molecule has 0 spiro atoms. The molecule has 26 heavy (non-hydrogen) atoms. The third-order valence-corrected chi connectivity index (χ3v) is 4.65. The van der Waals surface area contributed by atoms with Crippen LogP contribution < -0.4 is 0 Å². The van der Waals surface area contributed by atoms with Gasteiger partial charge in [-0.05, 0) is 57.7 Å². The summed E-state index contributed by atoms with van der Waals surface area (Å²) in [5.74, 6) is -1.90. The van der Waals surface area contributed by atoms with E-state index in [2.05, 4.69) is 5.10 Å². The summed E-state index contributed by atoms with van der Waals surface area (Å²) in [6.07, 6.45) is 2.26. The van der Waals surface area contributed by atoms with Crippen LogP contribution in [-0.4, -0.2) is 44.3 Å². The number of carbonyl (C=O) groups is 2. The molecule has 1 aromatic carbocycles. The van der Waals surface area contributed by atoms with Crippen molar-refractivity contribution < 1.29 is 19.1 Å². The van der Waals surface area contributed by atoms with Gasteiger partial charge in [-0.15, -0.1) is 0 Å². The van der Waals surface area contributed by atoms with Gasteiger partial charge < -0.3 is 10.0 Å². The minimum atomic E-state index is -1.08. The van der Waals surface area contributed by atoms with E-state index in [0.717, 1.165) is 23.2 Å². The van der Waals surface area contributed by atoms with Crippen LogP contribution >= 0.6 is 0 Å². The molecule has 2 aromatic rings. The lowest BCUT2D eigenvalue weighted by atomic mass is 10.1. The molecule has 1 aromatic heterocycles. The lowest BCUT2D eigenvalue weighted by molar-refractivity contribution is -0.138. The van der Waals surface area contributed by atoms with Gasteiger partial charge in [0.2, 0.25) is 0 Å². The zero-order chi connectivity index (χ0) is 19.0. The van der Waals surface area contributed by atoms with Crippen molar-refractivity contribution in [3.05, 3.63) is 46.5 Å². The smallest absolute Gasteiger partial charge is 0.323 e. The van der Waals surface area contributed by atoms with Crippen LogP contribution in [-0.2, 0) is 17.6 Å². The van der Waals surface area contributed by atoms with Crippen LogP contribution in [0.5, 0.6) is 0 Å². The highest BCUT2D eigenvalue weighted by atomic mass is 19.1. The third-order valence-electron chi connectivity index (χ3n) is 4.65. The van der Waals surface area contributed by atoms with Gasteiger partial charge in [0.1, 0.15) is 18.0 Å². The van der Waals surface area contributed by atoms with Crippen LogP contribution in [0.2, 0.25) is 0 Å². The van der Waals surface area contributed by atoms with Gasteiger partial charge in [-0.3, -0.25) is 9.59 Å². The van der Waals surface area contributed by atoms with Crippen molar-refractivity contribution in [1.29, 1.82) is 0 Å². The van der Waals surface area contributed by atoms with Crippen LogP contribution in [0, 0.1) is 12.7 Å². The molecule has 0 radical (unpaired) electrons. The number of rotatable bonds is 5. The fourth-order valence-corrected chi connectivity index (χ4v) is 3.36. The second kappa shape index (κ2) is 6.90. The molecule has 0 aliphatic heterocycles. The number of halogens is 1. The van der Waals surface area contributed by atoms with Crippen molar-refractivity contribution in [2.45, 2.75) is 46.1 Å². The lowest BCUT2D eigenvalue weighted by Crippen LogP contribution is -2.41. The Balaban J connectivity index is 2.07. The standard InChI is InChI=1S/C19H22FN3O3/c1-11(2)22(10-17(24)25)19(26)18-13-5-4-6-15(13)23(21-18)16-8-7-12(3)9-14(16)20/h7-9,11H,4-6,10H2,1-3H3,(H,24,25). The number of carbonyl (C=O) groups excluding carboxylic acids is 1. The average Bonchev–Trinajstić information content (AvgIpc) is 3.14. The molecule has 1 amide bonds. The maximum Gasteiger partial charge on any atom is 0.323 e. The van der Waals surface area contributed by atoms with E-state index < -0.39 is 24.2 Å². The molecule has 0 fully saturated rings. The summed E-state index contributed by atoms with van der Waals surface area (Å²) in [5, 5.41) is 13.5. The van der Waals surface area contributed by atoms with Crippen molar-refractivity contribution in [1.82, 2.24) is 14.7 Å². The number of aryl methyl sites for hydroxylation is 1. The highest BCUT2D eigenvalue weighted by Gasteiger charge is 2.31. The van der Waals surface area contributed by atoms with Crippen LogP contribution in [0.25, 0.3) is 5.69 Å². The summed E-state index contributed by atoms with van der Waals surface area (Å²) in [6, 6.07) is 4.61. The Kier molecular flexibility index (Phi) is 4.80. The number of nitrogens with zero attached hydrogens (tertiary/aromatic N) is 3. The second-order valence-electron chi connectivity index (χ2n) is 6.91. The Morgan fingerprint density at radius 3 is 2.69 bits per heavy atom. The average molecular weight is 359 g/mol. The molecule has 1 heterocycles. The van der Waals surface area contributed by atoms with Crippen LogP contribution in [0.3, 0.4) is 0 Å². The highest BCUT2D eigenvalue weighted by molar-refractivity contribution is 5.96. The summed E-state index contributed by atoms with van der Waals surface area (Å²) in [4.78, 5) is 25.4. The number of hydrogen-bond donors (Lipinski definition) is 1. The molecule has 1 aliphatic carbocycles. The number of fused-ring (bicyclic) bond motifs is 1. The number of amides is 1. The summed E-state index contributed by atoms with van der Waals surface area (Å²) < 4.78 is 15.9. The fraction of sp³-hybridized carbons (Fsp3) is 0.421. The molecule has 0 bridgehead atoms. The monoisotopic (exact) mass is 359 g/mol. The predicted molar refractivity (Wildman–Crippen MR) is 94.1 cm³/mol. The minimum absolute atomic E-state index is 0.229. The van der Waals surface area contributed by atoms with E-state index in [9.17, 15) is 14.0 Å². The van der Waals surface area contributed by atoms with Crippen molar-refractivity contribution in [3.63, 3.8) is 0 Å². The van der Waals surface area contributed by atoms with Crippen molar-refractivity contribution >= 4 is 11.9 Å². The molecule has 3 rings (SSSR count). The quantitative estimate of drug-likeness (QED) is 0.891. The van der Waals surface area contributed by atoms with E-state index in [4.69, 9.17) is 5.11 Å². The minimum Gasteiger partial charge on any atom is -0.480 e. The summed E-state index contributed by atoms with van der Waals surface area (Å²) in [5.41, 5.74) is 2.97. The van der Waals surface area contributed by atoms with E-state index in [1.807, 2.05) is 6.92 Å². The van der Waals surface area contributed by atoms with Gasteiger partial charge in [0, 0.05) is 17.3 Å². The summed E-state index contributed by atoms with van der Waals surface area (Å²) >= 11 is 0. The number of carboxylic acids is 1. The Morgan fingerprint density at radius 1 is 1.35 bits per heavy atom. The Labute approximate surface area is 151 Å². The fourth-order valence-electron chi connectivity index (χ4n) is 3.36. The number of benzene rings is 1. The van der Waals surface area contributed by atoms with Gasteiger partial charge in [0.05, 0.1) is 0 Å². The van der Waals surface area contributed by atoms with Crippen molar-refractivity contribution in [2.24, 2.45) is 0 Å². The molecule has 138 valence electrons. The lowest BCUT2D eigenvalue weighted by Gasteiger charge is -2.24. The van der Waals surface area contributed by atoms with Gasteiger partial charge in [0.25, 0.3) is 5.91 Å². The first-order valence-electron chi connectivity index (χ1n) is 8.69. The summed E-state index contributed by atoms with van der Waals surface area (Å²) in [7, 11) is 0. The number of aliphatic carboxylic acids is 1. The predicted octanol–water partition coefficient (Wildman–Crippen LogP) is 2.74. The van der Waals surface area contributed by atoms with Gasteiger partial charge >= 0.3 is 5.97 Å². The van der Waals surface area contributed by atoms with E-state index in [0.29, 0.717) is 18.5 Å². The molecule has 6 nitrogen and oxygen atoms in total. The third kappa shape index (κ3) is 3.21. The first kappa shape index (κ1) is 18.1. The molecule has 0 atom stereocenters. The van der Waals surface area contributed by atoms with E-state index in [1.165, 1.54) is 15.6 Å². The van der Waals surface area contributed by atoms with E-state index >= 15 is 0 Å². The normalized spacial score (nSPS) is 13.1. The van der Waals surface area contributed by atoms with E-state index in [1.54, 1.807) is 26.0 Å². The molecule has 0 unspecified atom stereocenters. The van der Waals surface area contributed by atoms with Gasteiger partial charge in [-0.25, -0.2) is 9.07 Å². The summed E-state index contributed by atoms with van der Waals surface area (Å²) in [6.45, 7) is 4.94. The zero-order valence-electron chi connectivity index (χ0n) is 15.1. The van der Waals surface area contributed by atoms with Crippen LogP contribution in [0.4, 0.5) is 4.39 Å². The molecular formula is C19H22FN3O3. The Hall–Kier alpha value is -2.70. The van der Waals surface area contributed by atoms with Gasteiger partial charge in [-0.2, -0.15) is 5.10 Å². The number of carboxylic acid groups (broad SMARTS) is 1. The topological polar surface area (TPSA) is 75.4 Å². The molecule has 1 aliphatic rings. The molecule has 0 saturated heterocycles. The van der Waals surface area contributed by atoms with Crippen LogP contribution in [0.1, 0.15) is 47.6 Å². The molecular weight excluding hydrogens is 337 g/mol. The molecule has 7 heteroatoms. The first-order chi connectivity index (χ1) is 12.3. The zero-order valence-corrected chi connectivity index (χ0v) is 15.1. The molecule has 0 saturated carbocycles. The number of hydrogen-bond acceptors (Lipinski definition) is 3. The maximum atomic E-state index is 14.4.